The topological polar surface area (TPSA) is 106 Å². The van der Waals surface area contributed by atoms with Crippen LogP contribution >= 0.6 is 11.6 Å². The molecule has 0 bridgehead atoms. The van der Waals surface area contributed by atoms with Crippen molar-refractivity contribution in [1.29, 1.82) is 0 Å². The maximum atomic E-state index is 13.5. The number of nitrogens with one attached hydrogen (secondary N) is 2. The summed E-state index contributed by atoms with van der Waals surface area (Å²) in [5.41, 5.74) is 1.56. The zero-order valence-corrected chi connectivity index (χ0v) is 20.5. The Kier molecular flexibility index (Phi) is 7.97. The van der Waals surface area contributed by atoms with E-state index in [1.54, 1.807) is 24.3 Å². The van der Waals surface area contributed by atoms with E-state index in [2.05, 4.69) is 20.6 Å². The first-order valence-electron chi connectivity index (χ1n) is 11.4. The van der Waals surface area contributed by atoms with Gasteiger partial charge in [0.25, 0.3) is 0 Å². The summed E-state index contributed by atoms with van der Waals surface area (Å²) in [6.45, 7) is 5.28. The van der Waals surface area contributed by atoms with E-state index in [0.717, 1.165) is 0 Å². The summed E-state index contributed by atoms with van der Waals surface area (Å²) < 4.78 is 24.4. The molecule has 1 amide bonds. The number of carbonyl (C=O) groups excluding carboxylic acids is 2. The Balaban J connectivity index is 1.54. The molecule has 1 aliphatic heterocycles. The SMILES string of the molecule is CCOc1cc2ncnc(Nc3ccc(F)c(Cl)c3)c2cc1NC(=O)C=CCN1CC(=O)OC(C)C1. The van der Waals surface area contributed by atoms with Crippen molar-refractivity contribution in [2.75, 3.05) is 36.9 Å². The summed E-state index contributed by atoms with van der Waals surface area (Å²) in [5, 5.41) is 6.54. The number of benzene rings is 2. The van der Waals surface area contributed by atoms with Crippen molar-refractivity contribution < 1.29 is 23.5 Å². The largest absolute Gasteiger partial charge is 0.492 e. The van der Waals surface area contributed by atoms with Crippen molar-refractivity contribution >= 4 is 51.6 Å². The van der Waals surface area contributed by atoms with E-state index >= 15 is 0 Å². The molecule has 0 saturated carbocycles. The van der Waals surface area contributed by atoms with Gasteiger partial charge in [-0.05, 0) is 38.1 Å². The predicted molar refractivity (Wildman–Crippen MR) is 135 cm³/mol. The van der Waals surface area contributed by atoms with Gasteiger partial charge in [0, 0.05) is 36.3 Å². The van der Waals surface area contributed by atoms with Crippen LogP contribution in [0.5, 0.6) is 5.75 Å². The molecule has 0 spiro atoms. The van der Waals surface area contributed by atoms with Crippen LogP contribution in [-0.4, -0.2) is 59.1 Å². The fourth-order valence-electron chi connectivity index (χ4n) is 3.80. The fourth-order valence-corrected chi connectivity index (χ4v) is 3.98. The number of amides is 1. The van der Waals surface area contributed by atoms with Crippen LogP contribution in [0.3, 0.4) is 0 Å². The molecule has 0 aliphatic carbocycles. The van der Waals surface area contributed by atoms with Gasteiger partial charge in [-0.2, -0.15) is 0 Å². The highest BCUT2D eigenvalue weighted by Crippen LogP contribution is 2.34. The number of hydrogen-bond acceptors (Lipinski definition) is 8. The smallest absolute Gasteiger partial charge is 0.320 e. The van der Waals surface area contributed by atoms with Crippen LogP contribution in [0.4, 0.5) is 21.6 Å². The average molecular weight is 514 g/mol. The number of nitrogens with zero attached hydrogens (tertiary/aromatic N) is 3. The number of aromatic nitrogens is 2. The predicted octanol–water partition coefficient (Wildman–Crippen LogP) is 4.31. The van der Waals surface area contributed by atoms with E-state index in [1.807, 2.05) is 18.7 Å². The number of ether oxygens (including phenoxy) is 2. The van der Waals surface area contributed by atoms with Crippen molar-refractivity contribution in [1.82, 2.24) is 14.9 Å². The number of carbonyl (C=O) groups is 2. The molecule has 1 fully saturated rings. The third-order valence-electron chi connectivity index (χ3n) is 5.31. The van der Waals surface area contributed by atoms with Gasteiger partial charge >= 0.3 is 5.97 Å². The van der Waals surface area contributed by atoms with E-state index in [0.29, 0.717) is 53.5 Å². The van der Waals surface area contributed by atoms with E-state index in [4.69, 9.17) is 21.1 Å². The van der Waals surface area contributed by atoms with E-state index in [-0.39, 0.29) is 29.5 Å². The minimum Gasteiger partial charge on any atom is -0.492 e. The van der Waals surface area contributed by atoms with Crippen LogP contribution in [-0.2, 0) is 14.3 Å². The molecule has 9 nitrogen and oxygen atoms in total. The molecule has 1 aromatic heterocycles. The van der Waals surface area contributed by atoms with E-state index < -0.39 is 5.82 Å². The lowest BCUT2D eigenvalue weighted by atomic mass is 10.1. The van der Waals surface area contributed by atoms with Crippen LogP contribution in [0.15, 0.2) is 48.8 Å². The lowest BCUT2D eigenvalue weighted by Gasteiger charge is -2.29. The lowest BCUT2D eigenvalue weighted by Crippen LogP contribution is -2.44. The summed E-state index contributed by atoms with van der Waals surface area (Å²) in [6.07, 6.45) is 4.31. The first-order valence-corrected chi connectivity index (χ1v) is 11.7. The second-order valence-corrected chi connectivity index (χ2v) is 8.57. The lowest BCUT2D eigenvalue weighted by molar-refractivity contribution is -0.156. The summed E-state index contributed by atoms with van der Waals surface area (Å²) in [6, 6.07) is 7.67. The molecular formula is C25H25ClFN5O4. The normalized spacial score (nSPS) is 16.2. The van der Waals surface area contributed by atoms with Crippen molar-refractivity contribution in [3.63, 3.8) is 0 Å². The standard InChI is InChI=1S/C25H25ClFN5O4/c1-3-35-22-11-20-17(25(29-14-28-20)30-16-6-7-19(27)18(26)9-16)10-21(22)31-23(33)5-4-8-32-12-15(2)36-24(34)13-32/h4-7,9-11,14-15H,3,8,12-13H2,1-2H3,(H,31,33)(H,28,29,30). The average Bonchev–Trinajstić information content (AvgIpc) is 2.82. The molecule has 2 aromatic carbocycles. The van der Waals surface area contributed by atoms with Crippen LogP contribution in [0.2, 0.25) is 5.02 Å². The molecule has 1 aliphatic rings. The fraction of sp³-hybridized carbons (Fsp3) is 0.280. The monoisotopic (exact) mass is 513 g/mol. The van der Waals surface area contributed by atoms with Crippen molar-refractivity contribution in [2.45, 2.75) is 20.0 Å². The first-order chi connectivity index (χ1) is 17.3. The van der Waals surface area contributed by atoms with Gasteiger partial charge in [-0.3, -0.25) is 14.5 Å². The maximum absolute atomic E-state index is 13.5. The summed E-state index contributed by atoms with van der Waals surface area (Å²) >= 11 is 5.90. The zero-order valence-electron chi connectivity index (χ0n) is 19.8. The first kappa shape index (κ1) is 25.3. The Morgan fingerprint density at radius 2 is 2.17 bits per heavy atom. The van der Waals surface area contributed by atoms with Crippen LogP contribution in [0.1, 0.15) is 13.8 Å². The van der Waals surface area contributed by atoms with Gasteiger partial charge in [0.2, 0.25) is 5.91 Å². The number of fused-ring (bicyclic) bond motifs is 1. The van der Waals surface area contributed by atoms with Crippen molar-refractivity contribution in [3.05, 3.63) is 59.7 Å². The highest BCUT2D eigenvalue weighted by Gasteiger charge is 2.22. The highest BCUT2D eigenvalue weighted by atomic mass is 35.5. The summed E-state index contributed by atoms with van der Waals surface area (Å²) in [7, 11) is 0. The molecule has 1 saturated heterocycles. The third-order valence-corrected chi connectivity index (χ3v) is 5.60. The Morgan fingerprint density at radius 1 is 1.33 bits per heavy atom. The Bertz CT molecular complexity index is 1320. The molecule has 11 heteroatoms. The second kappa shape index (κ2) is 11.3. The Morgan fingerprint density at radius 3 is 2.92 bits per heavy atom. The third kappa shape index (κ3) is 6.27. The van der Waals surface area contributed by atoms with Gasteiger partial charge < -0.3 is 20.1 Å². The number of hydrogen-bond donors (Lipinski definition) is 2. The second-order valence-electron chi connectivity index (χ2n) is 8.16. The summed E-state index contributed by atoms with van der Waals surface area (Å²) in [5.74, 6) is -0.265. The molecule has 2 N–H and O–H groups in total. The molecule has 1 unspecified atom stereocenters. The molecular weight excluding hydrogens is 489 g/mol. The zero-order chi connectivity index (χ0) is 25.7. The van der Waals surface area contributed by atoms with Gasteiger partial charge in [0.15, 0.2) is 0 Å². The number of morpholine rings is 1. The van der Waals surface area contributed by atoms with Crippen LogP contribution in [0, 0.1) is 5.82 Å². The Labute approximate surface area is 212 Å². The van der Waals surface area contributed by atoms with Crippen LogP contribution in [0.25, 0.3) is 10.9 Å². The van der Waals surface area contributed by atoms with Gasteiger partial charge in [-0.25, -0.2) is 14.4 Å². The van der Waals surface area contributed by atoms with Crippen molar-refractivity contribution in [3.8, 4) is 5.75 Å². The number of cyclic esters (lactones) is 1. The molecule has 4 rings (SSSR count). The van der Waals surface area contributed by atoms with Gasteiger partial charge in [0.1, 0.15) is 29.8 Å². The maximum Gasteiger partial charge on any atom is 0.320 e. The van der Waals surface area contributed by atoms with E-state index in [1.165, 1.54) is 24.5 Å². The molecule has 0 radical (unpaired) electrons. The van der Waals surface area contributed by atoms with Gasteiger partial charge in [-0.1, -0.05) is 17.7 Å². The number of halogens is 2. The van der Waals surface area contributed by atoms with Gasteiger partial charge in [-0.15, -0.1) is 0 Å². The highest BCUT2D eigenvalue weighted by molar-refractivity contribution is 6.31. The number of rotatable bonds is 8. The minimum atomic E-state index is -0.524. The molecule has 3 aromatic rings. The molecule has 188 valence electrons. The quantitative estimate of drug-likeness (QED) is 0.339. The van der Waals surface area contributed by atoms with Crippen LogP contribution < -0.4 is 15.4 Å². The minimum absolute atomic E-state index is 0.0207. The number of anilines is 3. The number of esters is 1. The molecule has 36 heavy (non-hydrogen) atoms. The van der Waals surface area contributed by atoms with E-state index in [9.17, 15) is 14.0 Å². The Hall–Kier alpha value is -3.76. The molecule has 2 heterocycles. The van der Waals surface area contributed by atoms with Crippen molar-refractivity contribution in [2.24, 2.45) is 0 Å². The summed E-state index contributed by atoms with van der Waals surface area (Å²) in [4.78, 5) is 34.7. The molecule has 1 atom stereocenters. The van der Waals surface area contributed by atoms with Gasteiger partial charge in [0.05, 0.1) is 29.4 Å².